The molecule has 0 saturated heterocycles. The van der Waals surface area contributed by atoms with Gasteiger partial charge in [0.05, 0.1) is 5.39 Å². The van der Waals surface area contributed by atoms with Gasteiger partial charge in [-0.3, -0.25) is 0 Å². The van der Waals surface area contributed by atoms with Gasteiger partial charge >= 0.3 is 0 Å². The van der Waals surface area contributed by atoms with Crippen molar-refractivity contribution in [2.75, 3.05) is 5.32 Å². The van der Waals surface area contributed by atoms with Crippen LogP contribution in [0.25, 0.3) is 11.0 Å². The summed E-state index contributed by atoms with van der Waals surface area (Å²) in [6.07, 6.45) is 3.66. The zero-order chi connectivity index (χ0) is 15.5. The summed E-state index contributed by atoms with van der Waals surface area (Å²) in [5.41, 5.74) is 3.20. The smallest absolute Gasteiger partial charge is 0.145 e. The van der Waals surface area contributed by atoms with Gasteiger partial charge in [0, 0.05) is 18.4 Å². The number of hydrogen-bond donors (Lipinski definition) is 1. The molecule has 0 fully saturated rings. The quantitative estimate of drug-likeness (QED) is 0.613. The Balaban J connectivity index is 1.69. The summed E-state index contributed by atoms with van der Waals surface area (Å²) in [5, 5.41) is 4.38. The Labute approximate surface area is 134 Å². The van der Waals surface area contributed by atoms with E-state index < -0.39 is 0 Å². The van der Waals surface area contributed by atoms with E-state index in [2.05, 4.69) is 56.4 Å². The predicted octanol–water partition coefficient (Wildman–Crippen LogP) is 4.22. The SMILES string of the molecule is c1ccc(Cn2ccc3c(Nc4ccccc4)ncnc32)cc1. The van der Waals surface area contributed by atoms with Gasteiger partial charge in [-0.1, -0.05) is 48.5 Å². The van der Waals surface area contributed by atoms with Gasteiger partial charge in [-0.15, -0.1) is 0 Å². The van der Waals surface area contributed by atoms with Gasteiger partial charge < -0.3 is 9.88 Å². The Morgan fingerprint density at radius 3 is 2.35 bits per heavy atom. The molecule has 0 saturated carbocycles. The van der Waals surface area contributed by atoms with Crippen LogP contribution in [0.2, 0.25) is 0 Å². The minimum atomic E-state index is 0.798. The van der Waals surface area contributed by atoms with E-state index in [0.717, 1.165) is 29.1 Å². The minimum absolute atomic E-state index is 0.798. The van der Waals surface area contributed by atoms with E-state index in [9.17, 15) is 0 Å². The molecule has 0 aliphatic carbocycles. The van der Waals surface area contributed by atoms with Gasteiger partial charge in [-0.2, -0.15) is 0 Å². The Morgan fingerprint density at radius 1 is 0.826 bits per heavy atom. The van der Waals surface area contributed by atoms with Crippen LogP contribution in [-0.2, 0) is 6.54 Å². The Kier molecular flexibility index (Phi) is 3.48. The van der Waals surface area contributed by atoms with Crippen molar-refractivity contribution >= 4 is 22.5 Å². The van der Waals surface area contributed by atoms with Crippen LogP contribution < -0.4 is 5.32 Å². The van der Waals surface area contributed by atoms with Crippen LogP contribution in [0.1, 0.15) is 5.56 Å². The third kappa shape index (κ3) is 2.79. The number of rotatable bonds is 4. The highest BCUT2D eigenvalue weighted by atomic mass is 15.1. The second-order valence-corrected chi connectivity index (χ2v) is 5.38. The number of fused-ring (bicyclic) bond motifs is 1. The first-order valence-corrected chi connectivity index (χ1v) is 7.56. The summed E-state index contributed by atoms with van der Waals surface area (Å²) < 4.78 is 2.14. The Bertz CT molecular complexity index is 914. The molecule has 2 aromatic carbocycles. The van der Waals surface area contributed by atoms with Crippen LogP contribution in [0.5, 0.6) is 0 Å². The molecule has 0 amide bonds. The first kappa shape index (κ1) is 13.5. The fraction of sp³-hybridized carbons (Fsp3) is 0.0526. The first-order valence-electron chi connectivity index (χ1n) is 7.56. The topological polar surface area (TPSA) is 42.7 Å². The monoisotopic (exact) mass is 300 g/mol. The number of aromatic nitrogens is 3. The average Bonchev–Trinajstić information content (AvgIpc) is 3.01. The molecular weight excluding hydrogens is 284 g/mol. The highest BCUT2D eigenvalue weighted by Gasteiger charge is 2.08. The number of hydrogen-bond acceptors (Lipinski definition) is 3. The molecule has 1 N–H and O–H groups in total. The lowest BCUT2D eigenvalue weighted by Crippen LogP contribution is -2.00. The van der Waals surface area contributed by atoms with Crippen molar-refractivity contribution in [3.8, 4) is 0 Å². The average molecular weight is 300 g/mol. The lowest BCUT2D eigenvalue weighted by atomic mass is 10.2. The maximum atomic E-state index is 4.45. The highest BCUT2D eigenvalue weighted by Crippen LogP contribution is 2.24. The summed E-state index contributed by atoms with van der Waals surface area (Å²) in [7, 11) is 0. The number of anilines is 2. The van der Waals surface area contributed by atoms with Crippen LogP contribution in [0.15, 0.2) is 79.3 Å². The lowest BCUT2D eigenvalue weighted by Gasteiger charge is -2.08. The van der Waals surface area contributed by atoms with Crippen molar-refractivity contribution in [1.82, 2.24) is 14.5 Å². The number of nitrogens with zero attached hydrogens (tertiary/aromatic N) is 3. The van der Waals surface area contributed by atoms with E-state index in [0.29, 0.717) is 0 Å². The minimum Gasteiger partial charge on any atom is -0.340 e. The van der Waals surface area contributed by atoms with Gasteiger partial charge in [-0.05, 0) is 23.8 Å². The number of para-hydroxylation sites is 1. The number of nitrogens with one attached hydrogen (secondary N) is 1. The molecule has 4 rings (SSSR count). The number of benzene rings is 2. The molecule has 0 aliphatic heterocycles. The third-order valence-electron chi connectivity index (χ3n) is 3.79. The molecule has 0 spiro atoms. The molecule has 23 heavy (non-hydrogen) atoms. The van der Waals surface area contributed by atoms with E-state index in [1.54, 1.807) is 6.33 Å². The van der Waals surface area contributed by atoms with Crippen molar-refractivity contribution in [1.29, 1.82) is 0 Å². The molecule has 0 radical (unpaired) electrons. The third-order valence-corrected chi connectivity index (χ3v) is 3.79. The molecule has 2 aromatic heterocycles. The van der Waals surface area contributed by atoms with Crippen LogP contribution in [0, 0.1) is 0 Å². The summed E-state index contributed by atoms with van der Waals surface area (Å²) in [5.74, 6) is 0.827. The molecular formula is C19H16N4. The van der Waals surface area contributed by atoms with Gasteiger partial charge in [0.1, 0.15) is 17.8 Å². The second-order valence-electron chi connectivity index (χ2n) is 5.38. The molecule has 4 aromatic rings. The van der Waals surface area contributed by atoms with Crippen LogP contribution in [-0.4, -0.2) is 14.5 Å². The molecule has 2 heterocycles. The Hall–Kier alpha value is -3.14. The van der Waals surface area contributed by atoms with Crippen LogP contribution in [0.3, 0.4) is 0 Å². The van der Waals surface area contributed by atoms with E-state index in [1.165, 1.54) is 5.56 Å². The molecule has 0 unspecified atom stereocenters. The fourth-order valence-electron chi connectivity index (χ4n) is 2.67. The van der Waals surface area contributed by atoms with E-state index in [4.69, 9.17) is 0 Å². The van der Waals surface area contributed by atoms with Gasteiger partial charge in [0.2, 0.25) is 0 Å². The summed E-state index contributed by atoms with van der Waals surface area (Å²) in [6.45, 7) is 0.798. The molecule has 0 atom stereocenters. The van der Waals surface area contributed by atoms with Crippen molar-refractivity contribution in [2.45, 2.75) is 6.54 Å². The molecule has 0 aliphatic rings. The van der Waals surface area contributed by atoms with Crippen LogP contribution >= 0.6 is 0 Å². The normalized spacial score (nSPS) is 10.8. The maximum Gasteiger partial charge on any atom is 0.145 e. The van der Waals surface area contributed by atoms with Crippen molar-refractivity contribution in [2.24, 2.45) is 0 Å². The van der Waals surface area contributed by atoms with E-state index in [1.807, 2.05) is 36.4 Å². The van der Waals surface area contributed by atoms with Gasteiger partial charge in [0.15, 0.2) is 0 Å². The van der Waals surface area contributed by atoms with Crippen molar-refractivity contribution < 1.29 is 0 Å². The fourth-order valence-corrected chi connectivity index (χ4v) is 2.67. The summed E-state index contributed by atoms with van der Waals surface area (Å²) in [4.78, 5) is 8.84. The van der Waals surface area contributed by atoms with Crippen LogP contribution in [0.4, 0.5) is 11.5 Å². The van der Waals surface area contributed by atoms with E-state index >= 15 is 0 Å². The predicted molar refractivity (Wildman–Crippen MR) is 92.8 cm³/mol. The molecule has 4 nitrogen and oxygen atoms in total. The zero-order valence-corrected chi connectivity index (χ0v) is 12.6. The first-order chi connectivity index (χ1) is 11.4. The van der Waals surface area contributed by atoms with Gasteiger partial charge in [0.25, 0.3) is 0 Å². The zero-order valence-electron chi connectivity index (χ0n) is 12.6. The maximum absolute atomic E-state index is 4.45. The summed E-state index contributed by atoms with van der Waals surface area (Å²) >= 11 is 0. The standard InChI is InChI=1S/C19H16N4/c1-3-7-15(8-4-1)13-23-12-11-17-18(20-14-21-19(17)23)22-16-9-5-2-6-10-16/h1-12,14H,13H2,(H,20,21,22). The van der Waals surface area contributed by atoms with Crippen molar-refractivity contribution in [3.63, 3.8) is 0 Å². The summed E-state index contributed by atoms with van der Waals surface area (Å²) in [6, 6.07) is 22.5. The largest absolute Gasteiger partial charge is 0.340 e. The molecule has 4 heteroatoms. The Morgan fingerprint density at radius 2 is 1.57 bits per heavy atom. The highest BCUT2D eigenvalue weighted by molar-refractivity contribution is 5.89. The lowest BCUT2D eigenvalue weighted by molar-refractivity contribution is 0.824. The molecule has 0 bridgehead atoms. The van der Waals surface area contributed by atoms with Crippen molar-refractivity contribution in [3.05, 3.63) is 84.8 Å². The second kappa shape index (κ2) is 5.93. The van der Waals surface area contributed by atoms with Gasteiger partial charge in [-0.25, -0.2) is 9.97 Å². The molecule has 112 valence electrons. The van der Waals surface area contributed by atoms with E-state index in [-0.39, 0.29) is 0 Å².